The summed E-state index contributed by atoms with van der Waals surface area (Å²) in [5.74, 6) is -0.0266. The van der Waals surface area contributed by atoms with E-state index in [1.165, 1.54) is 6.92 Å². The first-order valence-corrected chi connectivity index (χ1v) is 14.2. The van der Waals surface area contributed by atoms with Gasteiger partial charge in [-0.05, 0) is 52.8 Å². The zero-order valence-corrected chi connectivity index (χ0v) is 25.5. The van der Waals surface area contributed by atoms with E-state index in [9.17, 15) is 23.1 Å². The molecular formula is C29H35ClF3N5O6. The number of ether oxygens (including phenoxy) is 4. The Kier molecular flexibility index (Phi) is 10.5. The quantitative estimate of drug-likeness (QED) is 0.270. The maximum absolute atomic E-state index is 14.0. The van der Waals surface area contributed by atoms with E-state index in [1.807, 2.05) is 30.3 Å². The predicted molar refractivity (Wildman–Crippen MR) is 153 cm³/mol. The number of rotatable bonds is 9. The average Bonchev–Trinajstić information content (AvgIpc) is 3.32. The Balaban J connectivity index is 1.64. The third kappa shape index (κ3) is 8.67. The molecule has 1 amide bonds. The Morgan fingerprint density at radius 3 is 2.55 bits per heavy atom. The largest absolute Gasteiger partial charge is 0.443 e. The summed E-state index contributed by atoms with van der Waals surface area (Å²) in [6, 6.07) is 12.3. The molecule has 3 aromatic rings. The highest BCUT2D eigenvalue weighted by Gasteiger charge is 2.39. The number of carbonyl (C=O) groups excluding carboxylic acids is 1. The van der Waals surface area contributed by atoms with Crippen LogP contribution in [0, 0.1) is 6.92 Å². The minimum Gasteiger partial charge on any atom is -0.443 e. The van der Waals surface area contributed by atoms with Crippen molar-refractivity contribution in [2.24, 2.45) is 0 Å². The van der Waals surface area contributed by atoms with Crippen LogP contribution in [0.25, 0.3) is 5.69 Å². The molecule has 11 nitrogen and oxygen atoms in total. The van der Waals surface area contributed by atoms with Gasteiger partial charge in [-0.15, -0.1) is 0 Å². The fourth-order valence-corrected chi connectivity index (χ4v) is 4.60. The van der Waals surface area contributed by atoms with Crippen LogP contribution in [0.1, 0.15) is 62.9 Å². The molecule has 2 heterocycles. The van der Waals surface area contributed by atoms with Gasteiger partial charge in [0, 0.05) is 17.1 Å². The topological polar surface area (TPSA) is 129 Å². The van der Waals surface area contributed by atoms with Crippen molar-refractivity contribution >= 4 is 17.7 Å². The highest BCUT2D eigenvalue weighted by atomic mass is 35.5. The van der Waals surface area contributed by atoms with Gasteiger partial charge < -0.3 is 24.1 Å². The molecule has 1 aromatic heterocycles. The fraction of sp³-hybridized carbons (Fsp3) is 0.483. The number of aromatic nitrogens is 3. The van der Waals surface area contributed by atoms with Crippen molar-refractivity contribution in [3.05, 3.63) is 76.3 Å². The van der Waals surface area contributed by atoms with Gasteiger partial charge in [-0.3, -0.25) is 5.43 Å². The van der Waals surface area contributed by atoms with E-state index in [-0.39, 0.29) is 29.8 Å². The lowest BCUT2D eigenvalue weighted by atomic mass is 10.1. The number of nitrogens with zero attached hydrogens (tertiary/aromatic N) is 3. The fourth-order valence-electron chi connectivity index (χ4n) is 4.44. The summed E-state index contributed by atoms with van der Waals surface area (Å²) in [6.07, 6.45) is -10.4. The second-order valence-corrected chi connectivity index (χ2v) is 11.6. The number of hydrogen-bond acceptors (Lipinski definition) is 9. The lowest BCUT2D eigenvalue weighted by Crippen LogP contribution is -2.47. The summed E-state index contributed by atoms with van der Waals surface area (Å²) in [5.41, 5.74) is 3.48. The second kappa shape index (κ2) is 13.8. The third-order valence-corrected chi connectivity index (χ3v) is 6.64. The van der Waals surface area contributed by atoms with Crippen LogP contribution < -0.4 is 10.9 Å². The Labute approximate surface area is 257 Å². The van der Waals surface area contributed by atoms with E-state index in [0.717, 1.165) is 28.4 Å². The maximum Gasteiger partial charge on any atom is 0.422 e. The third-order valence-electron chi connectivity index (χ3n) is 6.40. The number of hydrogen-bond donors (Lipinski definition) is 3. The van der Waals surface area contributed by atoms with Crippen LogP contribution >= 0.6 is 11.6 Å². The lowest BCUT2D eigenvalue weighted by Gasteiger charge is -2.37. The van der Waals surface area contributed by atoms with Crippen molar-refractivity contribution in [3.8, 4) is 5.69 Å². The molecule has 1 saturated heterocycles. The van der Waals surface area contributed by atoms with Crippen LogP contribution in [0.5, 0.6) is 0 Å². The number of amides is 1. The van der Waals surface area contributed by atoms with Crippen molar-refractivity contribution in [3.63, 3.8) is 0 Å². The zero-order chi connectivity index (χ0) is 32.2. The standard InChI is InChI=1S/C29H35ClF3N5O6/c1-16-23(15-41-26(42-16)18-9-7-6-8-10-18)43-24(22(39)14-34-36-27(40)44-28(3,4)5)25-35-17(2)37-38(25)21-13-19(30)11-12-20(21)29(31,32)33/h6-13,16,22-24,26,34,39H,14-15H2,1-5H3,(H,36,40)/t16?,22-,23?,24?,26?/m0/s1. The number of alkyl halides is 3. The van der Waals surface area contributed by atoms with E-state index in [4.69, 9.17) is 30.5 Å². The number of benzene rings is 2. The number of carbonyl (C=O) groups is 1. The summed E-state index contributed by atoms with van der Waals surface area (Å²) < 4.78 is 66.5. The molecule has 1 fully saturated rings. The monoisotopic (exact) mass is 641 g/mol. The van der Waals surface area contributed by atoms with Gasteiger partial charge in [0.1, 0.15) is 29.7 Å². The maximum atomic E-state index is 14.0. The van der Waals surface area contributed by atoms with Crippen molar-refractivity contribution < 1.29 is 42.0 Å². The van der Waals surface area contributed by atoms with E-state index in [0.29, 0.717) is 0 Å². The number of aliphatic hydroxyl groups is 1. The van der Waals surface area contributed by atoms with E-state index in [1.54, 1.807) is 27.7 Å². The molecule has 5 atom stereocenters. The van der Waals surface area contributed by atoms with Crippen molar-refractivity contribution in [1.82, 2.24) is 25.6 Å². The van der Waals surface area contributed by atoms with Gasteiger partial charge in [-0.25, -0.2) is 19.9 Å². The van der Waals surface area contributed by atoms with Crippen molar-refractivity contribution in [1.29, 1.82) is 0 Å². The number of aliphatic hydroxyl groups excluding tert-OH is 1. The number of hydrazine groups is 1. The van der Waals surface area contributed by atoms with Crippen LogP contribution in [-0.2, 0) is 25.1 Å². The molecule has 15 heteroatoms. The minimum atomic E-state index is -4.75. The van der Waals surface area contributed by atoms with Gasteiger partial charge in [0.2, 0.25) is 0 Å². The van der Waals surface area contributed by atoms with Crippen LogP contribution in [0.2, 0.25) is 5.02 Å². The van der Waals surface area contributed by atoms with Gasteiger partial charge in [-0.2, -0.15) is 18.3 Å². The first kappa shape index (κ1) is 33.6. The highest BCUT2D eigenvalue weighted by Crippen LogP contribution is 2.37. The molecule has 0 bridgehead atoms. The molecular weight excluding hydrogens is 607 g/mol. The number of nitrogens with one attached hydrogen (secondary N) is 2. The average molecular weight is 642 g/mol. The molecule has 4 rings (SSSR count). The summed E-state index contributed by atoms with van der Waals surface area (Å²) >= 11 is 6.10. The number of aryl methyl sites for hydroxylation is 1. The summed E-state index contributed by atoms with van der Waals surface area (Å²) in [4.78, 5) is 16.4. The SMILES string of the molecule is Cc1nc(C(OC2COC(c3ccccc3)OC2C)[C@@H](O)CNNC(=O)OC(C)(C)C)n(-c2cc(Cl)ccc2C(F)(F)F)n1. The molecule has 240 valence electrons. The van der Waals surface area contributed by atoms with Crippen LogP contribution in [-0.4, -0.2) is 63.0 Å². The van der Waals surface area contributed by atoms with Crippen LogP contribution in [0.3, 0.4) is 0 Å². The molecule has 0 spiro atoms. The molecule has 0 radical (unpaired) electrons. The second-order valence-electron chi connectivity index (χ2n) is 11.2. The Hall–Kier alpha value is -3.27. The summed E-state index contributed by atoms with van der Waals surface area (Å²) in [6.45, 7) is 8.02. The van der Waals surface area contributed by atoms with Gasteiger partial charge >= 0.3 is 12.3 Å². The lowest BCUT2D eigenvalue weighted by molar-refractivity contribution is -0.274. The first-order valence-electron chi connectivity index (χ1n) is 13.8. The normalized spacial score (nSPS) is 20.6. The van der Waals surface area contributed by atoms with Crippen LogP contribution in [0.4, 0.5) is 18.0 Å². The van der Waals surface area contributed by atoms with Gasteiger partial charge in [0.25, 0.3) is 0 Å². The van der Waals surface area contributed by atoms with E-state index < -0.39 is 59.8 Å². The van der Waals surface area contributed by atoms with Crippen LogP contribution in [0.15, 0.2) is 48.5 Å². The molecule has 4 unspecified atom stereocenters. The molecule has 0 aliphatic carbocycles. The van der Waals surface area contributed by atoms with Crippen molar-refractivity contribution in [2.45, 2.75) is 77.1 Å². The van der Waals surface area contributed by atoms with Crippen molar-refractivity contribution in [2.75, 3.05) is 13.2 Å². The Morgan fingerprint density at radius 2 is 1.91 bits per heavy atom. The molecule has 3 N–H and O–H groups in total. The number of halogens is 4. The molecule has 44 heavy (non-hydrogen) atoms. The minimum absolute atomic E-state index is 0.0306. The van der Waals surface area contributed by atoms with Gasteiger partial charge in [-0.1, -0.05) is 41.9 Å². The summed E-state index contributed by atoms with van der Waals surface area (Å²) in [5, 5.41) is 15.6. The van der Waals surface area contributed by atoms with E-state index in [2.05, 4.69) is 20.9 Å². The van der Waals surface area contributed by atoms with Gasteiger partial charge in [0.15, 0.2) is 12.1 Å². The Bertz CT molecular complexity index is 1420. The van der Waals surface area contributed by atoms with E-state index >= 15 is 0 Å². The summed E-state index contributed by atoms with van der Waals surface area (Å²) in [7, 11) is 0. The zero-order valence-electron chi connectivity index (χ0n) is 24.8. The smallest absolute Gasteiger partial charge is 0.422 e. The van der Waals surface area contributed by atoms with Gasteiger partial charge in [0.05, 0.1) is 24.0 Å². The molecule has 1 aliphatic rings. The molecule has 0 saturated carbocycles. The molecule has 2 aromatic carbocycles. The highest BCUT2D eigenvalue weighted by molar-refractivity contribution is 6.30. The Morgan fingerprint density at radius 1 is 1.20 bits per heavy atom. The predicted octanol–water partition coefficient (Wildman–Crippen LogP) is 5.20. The molecule has 1 aliphatic heterocycles. The first-order chi connectivity index (χ1) is 20.6.